The lowest BCUT2D eigenvalue weighted by Gasteiger charge is -2.62. The number of nitrogens with zero attached hydrogens (tertiary/aromatic N) is 2. The standard InChI is InChI=1S/C54H78N2O9/c1-26-45-40(62-52(26)14-12-46(3,4)64-52)19-32-30-11-10-28-16-35-37(23-48(28,6)31(30)20-41(59)50(32,45)8)56-36-17-29-18-39(58)44-33(49(29,7)24-38(36)55-35)21-42(60)51(9)34(44)22-43-54(51,61)27(2)53(63-43)15-13-47(5,25-57)65-53/h22,26-33,39-45,57-61H,10-21,23-25H2,1-9H3/t26-,27+,28-,29+,30+,31-,32+,33-,39-,40-,41+,42+,43-,44+,45-,47-,48-,49-,50+,51+,52+,53-,54+/m0/s1. The van der Waals surface area contributed by atoms with Crippen molar-refractivity contribution in [3.63, 3.8) is 0 Å². The van der Waals surface area contributed by atoms with Crippen molar-refractivity contribution in [3.8, 4) is 0 Å². The van der Waals surface area contributed by atoms with Gasteiger partial charge in [-0.25, -0.2) is 0 Å². The molecule has 0 amide bonds. The Hall–Kier alpha value is -1.54. The van der Waals surface area contributed by atoms with Gasteiger partial charge >= 0.3 is 0 Å². The summed E-state index contributed by atoms with van der Waals surface area (Å²) in [6, 6.07) is 0. The van der Waals surface area contributed by atoms with Crippen LogP contribution in [0.1, 0.15) is 149 Å². The van der Waals surface area contributed by atoms with Crippen LogP contribution in [0.3, 0.4) is 0 Å². The van der Waals surface area contributed by atoms with Crippen molar-refractivity contribution in [2.24, 2.45) is 80.8 Å². The van der Waals surface area contributed by atoms with Gasteiger partial charge in [0.2, 0.25) is 0 Å². The van der Waals surface area contributed by atoms with Crippen LogP contribution in [-0.2, 0) is 44.6 Å². The monoisotopic (exact) mass is 899 g/mol. The summed E-state index contributed by atoms with van der Waals surface area (Å²) in [7, 11) is 0. The number of hydrogen-bond acceptors (Lipinski definition) is 11. The van der Waals surface area contributed by atoms with Crippen molar-refractivity contribution in [1.29, 1.82) is 0 Å². The molecule has 12 aliphatic rings. The predicted octanol–water partition coefficient (Wildman–Crippen LogP) is 6.40. The molecule has 13 rings (SSSR count). The highest BCUT2D eigenvalue weighted by molar-refractivity contribution is 5.43. The van der Waals surface area contributed by atoms with Gasteiger partial charge < -0.3 is 44.5 Å². The molecular formula is C54H78N2O9. The minimum atomic E-state index is -1.42. The van der Waals surface area contributed by atoms with Crippen LogP contribution in [0.25, 0.3) is 0 Å². The van der Waals surface area contributed by atoms with E-state index in [2.05, 4.69) is 41.5 Å². The average Bonchev–Trinajstić information content (AvgIpc) is 4.02. The second kappa shape index (κ2) is 13.0. The van der Waals surface area contributed by atoms with Gasteiger partial charge in [-0.15, -0.1) is 0 Å². The molecule has 8 aliphatic carbocycles. The van der Waals surface area contributed by atoms with E-state index >= 15 is 0 Å². The molecule has 4 aliphatic heterocycles. The lowest BCUT2D eigenvalue weighted by atomic mass is 9.43. The first-order chi connectivity index (χ1) is 30.5. The molecule has 5 saturated carbocycles. The Morgan fingerprint density at radius 2 is 1.35 bits per heavy atom. The number of hydrogen-bond donors (Lipinski definition) is 5. The van der Waals surface area contributed by atoms with E-state index in [1.54, 1.807) is 0 Å². The number of rotatable bonds is 1. The molecule has 358 valence electrons. The van der Waals surface area contributed by atoms with E-state index in [0.29, 0.717) is 55.3 Å². The second-order valence-electron chi connectivity index (χ2n) is 26.7. The van der Waals surface area contributed by atoms with Crippen LogP contribution in [0.15, 0.2) is 11.6 Å². The number of aliphatic hydroxyl groups excluding tert-OH is 4. The molecule has 9 fully saturated rings. The van der Waals surface area contributed by atoms with Gasteiger partial charge in [0, 0.05) is 47.3 Å². The van der Waals surface area contributed by atoms with Crippen molar-refractivity contribution in [3.05, 3.63) is 34.4 Å². The summed E-state index contributed by atoms with van der Waals surface area (Å²) in [6.45, 7) is 19.8. The lowest BCUT2D eigenvalue weighted by molar-refractivity contribution is -0.257. The SMILES string of the molecule is C[C@@H]1[C@@]2(CC[C@@](C)(CO)O2)O[C@H]2C=C3[C@@H]4[C@@H](O)C[C@H]5Cc6nc7c(nc6C[C@]5(C)[C@H]4C[C@@H](O)[C@]3(C)[C@]21O)C[C@@H]1CC[C@H]2[C@H]3C[C@@H]4O[C@@]5(CCC(C)(C)O5)[C@@H](C)[C@@H]4[C@@]3(C)[C@H](O)C[C@@H]2[C@@]1(C)C7. The fourth-order valence-corrected chi connectivity index (χ4v) is 20.0. The van der Waals surface area contributed by atoms with E-state index in [4.69, 9.17) is 28.9 Å². The van der Waals surface area contributed by atoms with E-state index in [9.17, 15) is 25.5 Å². The van der Waals surface area contributed by atoms with Crippen LogP contribution in [0.5, 0.6) is 0 Å². The predicted molar refractivity (Wildman–Crippen MR) is 240 cm³/mol. The van der Waals surface area contributed by atoms with E-state index in [0.717, 1.165) is 74.0 Å². The van der Waals surface area contributed by atoms with Crippen LogP contribution in [0.4, 0.5) is 0 Å². The number of aromatic nitrogens is 2. The highest BCUT2D eigenvalue weighted by Crippen LogP contribution is 2.73. The third-order valence-electron chi connectivity index (χ3n) is 23.8. The Morgan fingerprint density at radius 1 is 0.692 bits per heavy atom. The first-order valence-corrected chi connectivity index (χ1v) is 26.2. The summed E-state index contributed by atoms with van der Waals surface area (Å²) in [5.74, 6) is 0.418. The molecule has 1 aromatic heterocycles. The molecule has 5 N–H and O–H groups in total. The molecule has 4 saturated heterocycles. The highest BCUT2D eigenvalue weighted by atomic mass is 16.7. The Morgan fingerprint density at radius 3 is 2.02 bits per heavy atom. The summed E-state index contributed by atoms with van der Waals surface area (Å²) >= 11 is 0. The van der Waals surface area contributed by atoms with Gasteiger partial charge in [0.05, 0.1) is 65.0 Å². The quantitative estimate of drug-likeness (QED) is 0.198. The largest absolute Gasteiger partial charge is 0.393 e. The Balaban J connectivity index is 0.769. The third-order valence-corrected chi connectivity index (χ3v) is 23.8. The molecule has 0 aromatic carbocycles. The van der Waals surface area contributed by atoms with Crippen LogP contribution in [0.2, 0.25) is 0 Å². The zero-order valence-corrected chi connectivity index (χ0v) is 40.6. The summed E-state index contributed by atoms with van der Waals surface area (Å²) in [5, 5.41) is 60.4. The van der Waals surface area contributed by atoms with Crippen molar-refractivity contribution in [2.45, 2.75) is 211 Å². The summed E-state index contributed by atoms with van der Waals surface area (Å²) < 4.78 is 27.0. The van der Waals surface area contributed by atoms with Gasteiger partial charge in [-0.3, -0.25) is 9.97 Å². The molecule has 0 unspecified atom stereocenters. The fourth-order valence-electron chi connectivity index (χ4n) is 20.0. The van der Waals surface area contributed by atoms with E-state index in [1.165, 1.54) is 18.5 Å². The fraction of sp³-hybridized carbons (Fsp3) is 0.889. The van der Waals surface area contributed by atoms with Gasteiger partial charge in [0.1, 0.15) is 11.7 Å². The molecule has 11 heteroatoms. The van der Waals surface area contributed by atoms with Crippen molar-refractivity contribution in [2.75, 3.05) is 6.61 Å². The first kappa shape index (κ1) is 43.5. The smallest absolute Gasteiger partial charge is 0.175 e. The minimum absolute atomic E-state index is 0.00257. The zero-order chi connectivity index (χ0) is 45.6. The van der Waals surface area contributed by atoms with Gasteiger partial charge in [-0.2, -0.15) is 0 Å². The van der Waals surface area contributed by atoms with Crippen LogP contribution in [-0.4, -0.2) is 101 Å². The second-order valence-corrected chi connectivity index (χ2v) is 26.7. The Bertz CT molecular complexity index is 2250. The molecule has 0 bridgehead atoms. The first-order valence-electron chi connectivity index (χ1n) is 26.2. The maximum absolute atomic E-state index is 12.9. The molecule has 5 heterocycles. The average molecular weight is 899 g/mol. The van der Waals surface area contributed by atoms with Crippen molar-refractivity contribution >= 4 is 0 Å². The van der Waals surface area contributed by atoms with Crippen LogP contribution < -0.4 is 0 Å². The molecule has 11 nitrogen and oxygen atoms in total. The van der Waals surface area contributed by atoms with Crippen LogP contribution >= 0.6 is 0 Å². The highest BCUT2D eigenvalue weighted by Gasteiger charge is 2.78. The summed E-state index contributed by atoms with van der Waals surface area (Å²) in [6.07, 6.45) is 11.5. The van der Waals surface area contributed by atoms with Gasteiger partial charge in [0.15, 0.2) is 11.6 Å². The van der Waals surface area contributed by atoms with Gasteiger partial charge in [0.25, 0.3) is 0 Å². The third kappa shape index (κ3) is 5.11. The Labute approximate surface area is 386 Å². The summed E-state index contributed by atoms with van der Waals surface area (Å²) in [4.78, 5) is 11.2. The number of fused-ring (bicyclic) bond motifs is 16. The van der Waals surface area contributed by atoms with E-state index < -0.39 is 52.4 Å². The molecular weight excluding hydrogens is 821 g/mol. The number of aliphatic hydroxyl groups is 5. The Kier molecular flexibility index (Phi) is 8.73. The maximum atomic E-state index is 12.9. The van der Waals surface area contributed by atoms with Crippen molar-refractivity contribution < 1.29 is 44.5 Å². The molecule has 0 radical (unpaired) electrons. The van der Waals surface area contributed by atoms with Crippen molar-refractivity contribution in [1.82, 2.24) is 9.97 Å². The molecule has 1 aromatic rings. The van der Waals surface area contributed by atoms with Gasteiger partial charge in [-0.05, 0) is 144 Å². The molecule has 2 spiro atoms. The van der Waals surface area contributed by atoms with E-state index in [-0.39, 0.29) is 64.3 Å². The number of ether oxygens (including phenoxy) is 4. The topological polar surface area (TPSA) is 164 Å². The molecule has 65 heavy (non-hydrogen) atoms. The van der Waals surface area contributed by atoms with Gasteiger partial charge in [-0.1, -0.05) is 53.2 Å². The van der Waals surface area contributed by atoms with E-state index in [1.807, 2.05) is 26.8 Å². The lowest BCUT2D eigenvalue weighted by Crippen LogP contribution is -2.66. The minimum Gasteiger partial charge on any atom is -0.393 e. The maximum Gasteiger partial charge on any atom is 0.175 e. The zero-order valence-electron chi connectivity index (χ0n) is 40.6. The summed E-state index contributed by atoms with van der Waals surface area (Å²) in [5.41, 5.74) is 1.72. The normalized spacial score (nSPS) is 59.7. The molecule has 23 atom stereocenters. The van der Waals surface area contributed by atoms with Crippen LogP contribution in [0, 0.1) is 80.8 Å².